The third-order valence-electron chi connectivity index (χ3n) is 1.72. The van der Waals surface area contributed by atoms with Gasteiger partial charge in [-0.2, -0.15) is 13.2 Å². The molecule has 0 aliphatic rings. The average Bonchev–Trinajstić information content (AvgIpc) is 2.28. The van der Waals surface area contributed by atoms with Crippen molar-refractivity contribution < 1.29 is 26.3 Å². The van der Waals surface area contributed by atoms with Crippen molar-refractivity contribution in [1.29, 1.82) is 0 Å². The molecule has 1 atom stereocenters. The van der Waals surface area contributed by atoms with Gasteiger partial charge in [-0.1, -0.05) is 30.3 Å². The van der Waals surface area contributed by atoms with E-state index in [2.05, 4.69) is 4.18 Å². The normalized spacial score (nSPS) is 13.6. The molecule has 0 radical (unpaired) electrons. The second-order valence-electron chi connectivity index (χ2n) is 3.04. The average molecular weight is 268 g/mol. The maximum atomic E-state index is 11.8. The summed E-state index contributed by atoms with van der Waals surface area (Å²) in [6.07, 6.45) is 0. The van der Waals surface area contributed by atoms with Gasteiger partial charge in [-0.15, -0.1) is 0 Å². The molecule has 7 heteroatoms. The molecule has 0 aliphatic carbocycles. The summed E-state index contributed by atoms with van der Waals surface area (Å²) in [4.78, 5) is 0. The summed E-state index contributed by atoms with van der Waals surface area (Å²) in [5.41, 5.74) is -3.93. The molecule has 0 saturated carbocycles. The van der Waals surface area contributed by atoms with Gasteiger partial charge in [-0.05, 0) is 5.56 Å². The SMILES string of the molecule is O=S(OCCOCc1ccccc1)C(F)(F)F. The van der Waals surface area contributed by atoms with Crippen LogP contribution in [0.4, 0.5) is 13.2 Å². The molecule has 1 unspecified atom stereocenters. The number of halogens is 3. The van der Waals surface area contributed by atoms with Gasteiger partial charge in [0, 0.05) is 0 Å². The third-order valence-corrected chi connectivity index (χ3v) is 2.48. The molecule has 1 aromatic rings. The second-order valence-corrected chi connectivity index (χ2v) is 4.21. The van der Waals surface area contributed by atoms with Gasteiger partial charge in [0.15, 0.2) is 0 Å². The maximum Gasteiger partial charge on any atom is 0.497 e. The number of hydrogen-bond donors (Lipinski definition) is 0. The van der Waals surface area contributed by atoms with Crippen LogP contribution in [0.25, 0.3) is 0 Å². The molecule has 0 aromatic heterocycles. The Labute approximate surface area is 99.2 Å². The first-order valence-corrected chi connectivity index (χ1v) is 5.81. The predicted molar refractivity (Wildman–Crippen MR) is 56.2 cm³/mol. The van der Waals surface area contributed by atoms with E-state index in [0.29, 0.717) is 0 Å². The Hall–Kier alpha value is -0.920. The van der Waals surface area contributed by atoms with E-state index in [4.69, 9.17) is 4.74 Å². The quantitative estimate of drug-likeness (QED) is 0.743. The third kappa shape index (κ3) is 5.81. The molecule has 0 aliphatic heterocycles. The highest BCUT2D eigenvalue weighted by molar-refractivity contribution is 7.81. The largest absolute Gasteiger partial charge is 0.497 e. The molecular formula is C10H11F3O3S. The molecule has 0 heterocycles. The van der Waals surface area contributed by atoms with Gasteiger partial charge in [0.05, 0.1) is 19.8 Å². The molecule has 0 saturated heterocycles. The van der Waals surface area contributed by atoms with Crippen molar-refractivity contribution in [3.8, 4) is 0 Å². The minimum absolute atomic E-state index is 0.0449. The van der Waals surface area contributed by atoms with Crippen molar-refractivity contribution in [3.63, 3.8) is 0 Å². The molecule has 1 aromatic carbocycles. The van der Waals surface area contributed by atoms with Crippen LogP contribution in [0.3, 0.4) is 0 Å². The van der Waals surface area contributed by atoms with E-state index in [1.807, 2.05) is 30.3 Å². The van der Waals surface area contributed by atoms with Crippen LogP contribution >= 0.6 is 0 Å². The Morgan fingerprint density at radius 3 is 2.35 bits per heavy atom. The minimum Gasteiger partial charge on any atom is -0.374 e. The van der Waals surface area contributed by atoms with Gasteiger partial charge in [-0.25, -0.2) is 4.21 Å². The summed E-state index contributed by atoms with van der Waals surface area (Å²) in [5.74, 6) is 0. The Bertz CT molecular complexity index is 354. The van der Waals surface area contributed by atoms with E-state index in [1.165, 1.54) is 0 Å². The van der Waals surface area contributed by atoms with Crippen LogP contribution in [0.1, 0.15) is 5.56 Å². The molecule has 0 N–H and O–H groups in total. The Kier molecular flexibility index (Phi) is 5.60. The topological polar surface area (TPSA) is 35.5 Å². The van der Waals surface area contributed by atoms with Crippen molar-refractivity contribution in [2.75, 3.05) is 13.2 Å². The molecular weight excluding hydrogens is 257 g/mol. The number of rotatable bonds is 6. The van der Waals surface area contributed by atoms with Crippen LogP contribution in [0.2, 0.25) is 0 Å². The highest BCUT2D eigenvalue weighted by Crippen LogP contribution is 2.20. The lowest BCUT2D eigenvalue weighted by Crippen LogP contribution is -2.20. The van der Waals surface area contributed by atoms with Crippen molar-refractivity contribution >= 4 is 11.1 Å². The Morgan fingerprint density at radius 1 is 1.12 bits per heavy atom. The highest BCUT2D eigenvalue weighted by Gasteiger charge is 2.38. The zero-order chi connectivity index (χ0) is 12.7. The van der Waals surface area contributed by atoms with Gasteiger partial charge in [0.2, 0.25) is 0 Å². The van der Waals surface area contributed by atoms with Crippen molar-refractivity contribution in [2.45, 2.75) is 12.1 Å². The number of hydrogen-bond acceptors (Lipinski definition) is 3. The Balaban J connectivity index is 2.12. The smallest absolute Gasteiger partial charge is 0.374 e. The van der Waals surface area contributed by atoms with Crippen LogP contribution in [0.5, 0.6) is 0 Å². The summed E-state index contributed by atoms with van der Waals surface area (Å²) in [6, 6.07) is 9.16. The summed E-state index contributed by atoms with van der Waals surface area (Å²) in [7, 11) is 0. The first kappa shape index (κ1) is 14.1. The number of benzene rings is 1. The Morgan fingerprint density at radius 2 is 1.76 bits per heavy atom. The predicted octanol–water partition coefficient (Wildman–Crippen LogP) is 2.40. The van der Waals surface area contributed by atoms with Crippen molar-refractivity contribution in [3.05, 3.63) is 35.9 Å². The van der Waals surface area contributed by atoms with Crippen LogP contribution in [-0.2, 0) is 26.6 Å². The van der Waals surface area contributed by atoms with E-state index in [-0.39, 0.29) is 19.8 Å². The van der Waals surface area contributed by atoms with E-state index in [0.717, 1.165) is 5.56 Å². The van der Waals surface area contributed by atoms with Crippen LogP contribution in [-0.4, -0.2) is 22.9 Å². The summed E-state index contributed by atoms with van der Waals surface area (Å²) in [6.45, 7) is -0.126. The number of alkyl halides is 3. The molecule has 0 fully saturated rings. The van der Waals surface area contributed by atoms with E-state index in [1.54, 1.807) is 0 Å². The summed E-state index contributed by atoms with van der Waals surface area (Å²) < 4.78 is 54.8. The molecule has 96 valence electrons. The van der Waals surface area contributed by atoms with Gasteiger partial charge in [0.1, 0.15) is 0 Å². The van der Waals surface area contributed by atoms with Crippen molar-refractivity contribution in [1.82, 2.24) is 0 Å². The van der Waals surface area contributed by atoms with Gasteiger partial charge >= 0.3 is 5.51 Å². The fourth-order valence-electron chi connectivity index (χ4n) is 1.000. The molecule has 0 amide bonds. The number of ether oxygens (including phenoxy) is 1. The second kappa shape index (κ2) is 6.73. The first-order chi connectivity index (χ1) is 8.00. The molecule has 0 spiro atoms. The molecule has 1 rings (SSSR count). The molecule has 3 nitrogen and oxygen atoms in total. The van der Waals surface area contributed by atoms with E-state index >= 15 is 0 Å². The van der Waals surface area contributed by atoms with Crippen LogP contribution in [0, 0.1) is 0 Å². The van der Waals surface area contributed by atoms with Crippen molar-refractivity contribution in [2.24, 2.45) is 0 Å². The fourth-order valence-corrected chi connectivity index (χ4v) is 1.35. The lowest BCUT2D eigenvalue weighted by Gasteiger charge is -2.07. The van der Waals surface area contributed by atoms with Gasteiger partial charge < -0.3 is 4.74 Å². The molecule has 17 heavy (non-hydrogen) atoms. The van der Waals surface area contributed by atoms with Crippen LogP contribution < -0.4 is 0 Å². The van der Waals surface area contributed by atoms with E-state index < -0.39 is 16.6 Å². The lowest BCUT2D eigenvalue weighted by atomic mass is 10.2. The van der Waals surface area contributed by atoms with Crippen LogP contribution in [0.15, 0.2) is 30.3 Å². The minimum atomic E-state index is -4.83. The maximum absolute atomic E-state index is 11.8. The van der Waals surface area contributed by atoms with Gasteiger partial charge in [-0.3, -0.25) is 4.18 Å². The zero-order valence-corrected chi connectivity index (χ0v) is 9.59. The summed E-state index contributed by atoms with van der Waals surface area (Å²) in [5, 5.41) is 0. The van der Waals surface area contributed by atoms with E-state index in [9.17, 15) is 17.4 Å². The first-order valence-electron chi connectivity index (χ1n) is 4.73. The highest BCUT2D eigenvalue weighted by atomic mass is 32.2. The monoisotopic (exact) mass is 268 g/mol. The van der Waals surface area contributed by atoms with Gasteiger partial charge in [0.25, 0.3) is 11.1 Å². The zero-order valence-electron chi connectivity index (χ0n) is 8.77. The standard InChI is InChI=1S/C10H11F3O3S/c11-10(12,13)17(14)16-7-6-15-8-9-4-2-1-3-5-9/h1-5H,6-8H2. The summed E-state index contributed by atoms with van der Waals surface area (Å²) >= 11 is -3.27. The lowest BCUT2D eigenvalue weighted by molar-refractivity contribution is -0.0485. The fraction of sp³-hybridized carbons (Fsp3) is 0.400. The molecule has 0 bridgehead atoms.